The van der Waals surface area contributed by atoms with Gasteiger partial charge in [0.2, 0.25) is 0 Å². The van der Waals surface area contributed by atoms with Gasteiger partial charge in [-0.3, -0.25) is 9.59 Å². The first kappa shape index (κ1) is 20.0. The fourth-order valence-corrected chi connectivity index (χ4v) is 2.59. The summed E-state index contributed by atoms with van der Waals surface area (Å²) in [6, 6.07) is 0. The summed E-state index contributed by atoms with van der Waals surface area (Å²) < 4.78 is 10.5. The van der Waals surface area contributed by atoms with E-state index in [0.29, 0.717) is 32.3 Å². The highest BCUT2D eigenvalue weighted by molar-refractivity contribution is 5.70. The number of hydrogen-bond acceptors (Lipinski definition) is 4. The molecule has 1 saturated carbocycles. The predicted octanol–water partition coefficient (Wildman–Crippen LogP) is 4.94. The fourth-order valence-electron chi connectivity index (χ4n) is 2.59. The molecule has 0 aromatic rings. The van der Waals surface area contributed by atoms with Gasteiger partial charge in [0.05, 0.1) is 6.61 Å². The van der Waals surface area contributed by atoms with E-state index in [1.165, 1.54) is 38.5 Å². The Bertz CT molecular complexity index is 323. The minimum atomic E-state index is -0.136. The molecule has 0 aromatic carbocycles. The molecule has 134 valence electrons. The average Bonchev–Trinajstić information content (AvgIpc) is 2.50. The van der Waals surface area contributed by atoms with Crippen molar-refractivity contribution < 1.29 is 19.1 Å². The summed E-state index contributed by atoms with van der Waals surface area (Å²) in [6.45, 7) is 2.76. The second-order valence-corrected chi connectivity index (χ2v) is 6.59. The monoisotopic (exact) mass is 326 g/mol. The molecule has 0 aromatic heterocycles. The Morgan fingerprint density at radius 2 is 1.43 bits per heavy atom. The molecule has 4 nitrogen and oxygen atoms in total. The quantitative estimate of drug-likeness (QED) is 0.335. The van der Waals surface area contributed by atoms with E-state index in [0.717, 1.165) is 25.7 Å². The van der Waals surface area contributed by atoms with Crippen molar-refractivity contribution in [1.29, 1.82) is 0 Å². The van der Waals surface area contributed by atoms with Crippen LogP contribution >= 0.6 is 0 Å². The van der Waals surface area contributed by atoms with Gasteiger partial charge in [-0.25, -0.2) is 0 Å². The zero-order valence-electron chi connectivity index (χ0n) is 14.8. The zero-order valence-corrected chi connectivity index (χ0v) is 14.8. The van der Waals surface area contributed by atoms with Gasteiger partial charge in [0, 0.05) is 12.8 Å². The molecule has 0 amide bonds. The fraction of sp³-hybridized carbons (Fsp3) is 0.895. The van der Waals surface area contributed by atoms with Crippen LogP contribution in [0.15, 0.2) is 0 Å². The van der Waals surface area contributed by atoms with Crippen molar-refractivity contribution in [2.75, 3.05) is 6.61 Å². The van der Waals surface area contributed by atoms with Crippen LogP contribution in [0.5, 0.6) is 0 Å². The van der Waals surface area contributed by atoms with Gasteiger partial charge in [-0.05, 0) is 38.5 Å². The van der Waals surface area contributed by atoms with Crippen LogP contribution in [0, 0.1) is 0 Å². The Morgan fingerprint density at radius 1 is 0.826 bits per heavy atom. The molecule has 0 N–H and O–H groups in total. The van der Waals surface area contributed by atoms with Crippen LogP contribution in [0.25, 0.3) is 0 Å². The van der Waals surface area contributed by atoms with Gasteiger partial charge in [-0.15, -0.1) is 0 Å². The van der Waals surface area contributed by atoms with Crippen molar-refractivity contribution in [3.05, 3.63) is 0 Å². The summed E-state index contributed by atoms with van der Waals surface area (Å²) in [4.78, 5) is 23.0. The molecule has 0 radical (unpaired) electrons. The Labute approximate surface area is 141 Å². The highest BCUT2D eigenvalue weighted by Gasteiger charge is 2.21. The van der Waals surface area contributed by atoms with Crippen molar-refractivity contribution >= 4 is 11.9 Å². The summed E-state index contributed by atoms with van der Waals surface area (Å²) >= 11 is 0. The Morgan fingerprint density at radius 3 is 2.04 bits per heavy atom. The highest BCUT2D eigenvalue weighted by Crippen LogP contribution is 2.22. The summed E-state index contributed by atoms with van der Waals surface area (Å²) in [5.41, 5.74) is 0. The first-order valence-corrected chi connectivity index (χ1v) is 9.57. The Balaban J connectivity index is 1.81. The Hall–Kier alpha value is -1.06. The first-order chi connectivity index (χ1) is 11.2. The molecule has 0 spiro atoms. The van der Waals surface area contributed by atoms with Crippen molar-refractivity contribution in [1.82, 2.24) is 0 Å². The van der Waals surface area contributed by atoms with E-state index in [1.54, 1.807) is 0 Å². The molecule has 23 heavy (non-hydrogen) atoms. The first-order valence-electron chi connectivity index (χ1n) is 9.57. The summed E-state index contributed by atoms with van der Waals surface area (Å²) in [6.07, 6.45) is 14.1. The van der Waals surface area contributed by atoms with Gasteiger partial charge in [0.1, 0.15) is 6.10 Å². The minimum Gasteiger partial charge on any atom is -0.466 e. The number of ether oxygens (including phenoxy) is 2. The molecule has 0 saturated heterocycles. The molecule has 1 fully saturated rings. The van der Waals surface area contributed by atoms with Crippen LogP contribution in [-0.2, 0) is 19.1 Å². The third-order valence-electron chi connectivity index (χ3n) is 4.37. The van der Waals surface area contributed by atoms with Gasteiger partial charge in [-0.1, -0.05) is 45.4 Å². The van der Waals surface area contributed by atoms with Crippen molar-refractivity contribution in [3.63, 3.8) is 0 Å². The van der Waals surface area contributed by atoms with Crippen LogP contribution in [0.4, 0.5) is 0 Å². The van der Waals surface area contributed by atoms with Gasteiger partial charge < -0.3 is 9.47 Å². The van der Waals surface area contributed by atoms with Gasteiger partial charge >= 0.3 is 11.9 Å². The van der Waals surface area contributed by atoms with Crippen LogP contribution in [0.2, 0.25) is 0 Å². The maximum atomic E-state index is 11.6. The molecule has 0 atom stereocenters. The summed E-state index contributed by atoms with van der Waals surface area (Å²) in [5, 5.41) is 0. The Kier molecular flexibility index (Phi) is 11.6. The lowest BCUT2D eigenvalue weighted by molar-refractivity contribution is -0.153. The number of carbonyl (C=O) groups excluding carboxylic acids is 2. The van der Waals surface area contributed by atoms with Gasteiger partial charge in [0.15, 0.2) is 0 Å². The van der Waals surface area contributed by atoms with Crippen LogP contribution in [-0.4, -0.2) is 24.6 Å². The maximum Gasteiger partial charge on any atom is 0.306 e. The molecule has 0 bridgehead atoms. The zero-order chi connectivity index (χ0) is 16.8. The number of esters is 2. The molecular formula is C19H34O4. The summed E-state index contributed by atoms with van der Waals surface area (Å²) in [7, 11) is 0. The number of carbonyl (C=O) groups is 2. The van der Waals surface area contributed by atoms with Crippen LogP contribution < -0.4 is 0 Å². The topological polar surface area (TPSA) is 52.6 Å². The van der Waals surface area contributed by atoms with E-state index < -0.39 is 0 Å². The van der Waals surface area contributed by atoms with Gasteiger partial charge in [-0.2, -0.15) is 0 Å². The van der Waals surface area contributed by atoms with E-state index >= 15 is 0 Å². The molecule has 0 aliphatic heterocycles. The van der Waals surface area contributed by atoms with E-state index in [2.05, 4.69) is 6.92 Å². The van der Waals surface area contributed by atoms with Crippen LogP contribution in [0.1, 0.15) is 96.8 Å². The minimum absolute atomic E-state index is 0.119. The molecule has 4 heteroatoms. The van der Waals surface area contributed by atoms with E-state index in [9.17, 15) is 9.59 Å². The molecule has 0 heterocycles. The van der Waals surface area contributed by atoms with E-state index in [1.807, 2.05) is 0 Å². The molecular weight excluding hydrogens is 292 g/mol. The second kappa shape index (κ2) is 13.4. The van der Waals surface area contributed by atoms with Gasteiger partial charge in [0.25, 0.3) is 0 Å². The number of hydrogen-bond donors (Lipinski definition) is 0. The molecule has 1 aliphatic rings. The predicted molar refractivity (Wildman–Crippen MR) is 91.2 cm³/mol. The number of unbranched alkanes of at least 4 members (excludes halogenated alkanes) is 7. The third kappa shape index (κ3) is 11.2. The smallest absolute Gasteiger partial charge is 0.306 e. The average molecular weight is 326 g/mol. The molecule has 0 unspecified atom stereocenters. The third-order valence-corrected chi connectivity index (χ3v) is 4.37. The standard InChI is InChI=1S/C19H34O4/c1-2-3-4-5-6-7-10-16-22-18(20)14-8-9-15-19(21)23-17-12-11-13-17/h17H,2-16H2,1H3. The summed E-state index contributed by atoms with van der Waals surface area (Å²) in [5.74, 6) is -0.255. The largest absolute Gasteiger partial charge is 0.466 e. The van der Waals surface area contributed by atoms with Crippen molar-refractivity contribution in [3.8, 4) is 0 Å². The maximum absolute atomic E-state index is 11.6. The van der Waals surface area contributed by atoms with E-state index in [-0.39, 0.29) is 18.0 Å². The number of rotatable bonds is 14. The molecule has 1 rings (SSSR count). The lowest BCUT2D eigenvalue weighted by Gasteiger charge is -2.25. The highest BCUT2D eigenvalue weighted by atomic mass is 16.5. The molecule has 1 aliphatic carbocycles. The normalized spacial score (nSPS) is 14.3. The lowest BCUT2D eigenvalue weighted by Crippen LogP contribution is -2.24. The lowest BCUT2D eigenvalue weighted by atomic mass is 9.96. The SMILES string of the molecule is CCCCCCCCCOC(=O)CCCCC(=O)OC1CCC1. The van der Waals surface area contributed by atoms with Crippen molar-refractivity contribution in [2.45, 2.75) is 103 Å². The van der Waals surface area contributed by atoms with Crippen molar-refractivity contribution in [2.24, 2.45) is 0 Å². The van der Waals surface area contributed by atoms with Crippen LogP contribution in [0.3, 0.4) is 0 Å². The van der Waals surface area contributed by atoms with E-state index in [4.69, 9.17) is 9.47 Å². The second-order valence-electron chi connectivity index (χ2n) is 6.59.